The Morgan fingerprint density at radius 2 is 1.77 bits per heavy atom. The number of carbonyl (C=O) groups is 1. The number of rotatable bonds is 12. The van der Waals surface area contributed by atoms with Crippen LogP contribution in [0.1, 0.15) is 102 Å². The molecule has 1 heterocycles. The van der Waals surface area contributed by atoms with Gasteiger partial charge in [-0.15, -0.1) is 5.69 Å². The Morgan fingerprint density at radius 3 is 2.62 bits per heavy atom. The molecule has 5 aromatic rings. The number of nitrogens with zero attached hydrogens (tertiary/aromatic N) is 1. The number of aromatic hydroxyl groups is 4. The third kappa shape index (κ3) is 6.09. The second-order valence-corrected chi connectivity index (χ2v) is 17.6. The Hall–Kier alpha value is -5.71. The van der Waals surface area contributed by atoms with Crippen molar-refractivity contribution in [2.24, 2.45) is 23.5 Å². The summed E-state index contributed by atoms with van der Waals surface area (Å²) in [5.74, 6) is -0.630. The van der Waals surface area contributed by atoms with Gasteiger partial charge in [0.15, 0.2) is 23.0 Å². The van der Waals surface area contributed by atoms with Crippen LogP contribution in [0.3, 0.4) is 0 Å². The van der Waals surface area contributed by atoms with Gasteiger partial charge >= 0.3 is 0 Å². The fourth-order valence-electron chi connectivity index (χ4n) is 12.5. The summed E-state index contributed by atoms with van der Waals surface area (Å²) < 4.78 is 11.8. The monoisotopic (exact) mass is 807 g/mol. The molecule has 11 rings (SSSR count). The van der Waals surface area contributed by atoms with Crippen LogP contribution in [0.25, 0.3) is 11.3 Å². The molecule has 10 heteroatoms. The summed E-state index contributed by atoms with van der Waals surface area (Å²) in [4.78, 5) is 18.8. The molecule has 0 spiro atoms. The fourth-order valence-corrected chi connectivity index (χ4v) is 12.5. The number of phenols is 4. The van der Waals surface area contributed by atoms with Gasteiger partial charge in [-0.1, -0.05) is 66.6 Å². The van der Waals surface area contributed by atoms with Gasteiger partial charge in [-0.2, -0.15) is 6.20 Å². The summed E-state index contributed by atoms with van der Waals surface area (Å²) in [5.41, 5.74) is 14.7. The molecule has 6 aliphatic carbocycles. The SMILES string of the molecule is NCOc1cc(CCC(=O)C[C@H](O)[C@H]2C=C[C@H]3C[C@H]([C@@]45c6c7cccc6-c6[n-]ccc6[C@H]4CCC[C@H]5CC7)[C@@H]2c2cc(O)c(O)c(OCc4cccc(O)c4)c23)ccc1O. The van der Waals surface area contributed by atoms with Gasteiger partial charge in [-0.25, -0.2) is 0 Å². The number of aliphatic hydroxyl groups is 1. The molecular weight excluding hydrogens is 757 g/mol. The molecule has 10 nitrogen and oxygen atoms in total. The largest absolute Gasteiger partial charge is 0.663 e. The Morgan fingerprint density at radius 1 is 0.900 bits per heavy atom. The number of ether oxygens (including phenoxy) is 2. The van der Waals surface area contributed by atoms with Crippen molar-refractivity contribution in [1.29, 1.82) is 0 Å². The summed E-state index contributed by atoms with van der Waals surface area (Å²) in [7, 11) is 0. The van der Waals surface area contributed by atoms with E-state index in [0.29, 0.717) is 17.9 Å². The molecule has 0 radical (unpaired) electrons. The maximum absolute atomic E-state index is 13.9. The van der Waals surface area contributed by atoms with Crippen LogP contribution in [0, 0.1) is 17.8 Å². The van der Waals surface area contributed by atoms with E-state index in [1.54, 1.807) is 36.4 Å². The summed E-state index contributed by atoms with van der Waals surface area (Å²) in [6.45, 7) is -0.0341. The van der Waals surface area contributed by atoms with E-state index in [0.717, 1.165) is 60.9 Å². The number of aryl methyl sites for hydroxylation is 2. The van der Waals surface area contributed by atoms with Gasteiger partial charge in [0.2, 0.25) is 5.75 Å². The normalized spacial score (nSPS) is 26.0. The van der Waals surface area contributed by atoms with Crippen LogP contribution in [0.5, 0.6) is 34.5 Å². The lowest BCUT2D eigenvalue weighted by Crippen LogP contribution is -2.57. The average molecular weight is 808 g/mol. The number of aliphatic hydroxyl groups excluding tert-OH is 1. The highest BCUT2D eigenvalue weighted by atomic mass is 16.5. The van der Waals surface area contributed by atoms with Gasteiger partial charge in [0, 0.05) is 35.7 Å². The van der Waals surface area contributed by atoms with Gasteiger partial charge in [0.1, 0.15) is 24.9 Å². The van der Waals surface area contributed by atoms with E-state index in [-0.39, 0.29) is 95.5 Å². The topological polar surface area (TPSA) is 177 Å². The molecule has 6 aliphatic rings. The van der Waals surface area contributed by atoms with Crippen molar-refractivity contribution in [3.8, 4) is 45.8 Å². The lowest BCUT2D eigenvalue weighted by atomic mass is 9.40. The number of Topliss-reactive ketones (excluding diaryl/α,β-unsaturated/α-hetero) is 1. The Bertz CT molecular complexity index is 2510. The van der Waals surface area contributed by atoms with Gasteiger partial charge in [0.05, 0.1) is 6.10 Å². The van der Waals surface area contributed by atoms with Crippen molar-refractivity contribution >= 4 is 5.78 Å². The first-order chi connectivity index (χ1) is 29.2. The number of allylic oxidation sites excluding steroid dienone is 1. The molecule has 2 bridgehead atoms. The van der Waals surface area contributed by atoms with Crippen molar-refractivity contribution < 1.29 is 39.8 Å². The number of ketones is 1. The molecule has 7 N–H and O–H groups in total. The fraction of sp³-hybridized carbons (Fsp3) is 0.380. The summed E-state index contributed by atoms with van der Waals surface area (Å²) in [6.07, 6.45) is 11.7. The molecule has 1 saturated carbocycles. The minimum atomic E-state index is -1.04. The summed E-state index contributed by atoms with van der Waals surface area (Å²) >= 11 is 0. The lowest BCUT2D eigenvalue weighted by Gasteiger charge is -2.63. The van der Waals surface area contributed by atoms with Crippen molar-refractivity contribution in [2.45, 2.75) is 93.7 Å². The van der Waals surface area contributed by atoms with Crippen molar-refractivity contribution in [2.75, 3.05) is 6.73 Å². The Balaban J connectivity index is 1.08. The second-order valence-electron chi connectivity index (χ2n) is 17.6. The van der Waals surface area contributed by atoms with Crippen LogP contribution >= 0.6 is 0 Å². The number of carbonyl (C=O) groups excluding carboxylic acids is 1. The number of nitrogens with two attached hydrogens (primary N) is 1. The number of phenolic OH excluding ortho intramolecular Hbond substituents is 4. The average Bonchev–Trinajstić information content (AvgIpc) is 3.59. The smallest absolute Gasteiger partial charge is 0.200 e. The molecule has 0 saturated heterocycles. The zero-order valence-electron chi connectivity index (χ0n) is 33.5. The maximum atomic E-state index is 13.9. The number of aromatic nitrogens is 1. The van der Waals surface area contributed by atoms with Crippen LogP contribution in [-0.2, 0) is 29.7 Å². The van der Waals surface area contributed by atoms with Gasteiger partial charge in [-0.3, -0.25) is 10.5 Å². The van der Waals surface area contributed by atoms with Crippen molar-refractivity contribution in [3.63, 3.8) is 0 Å². The van der Waals surface area contributed by atoms with Crippen molar-refractivity contribution in [3.05, 3.63) is 130 Å². The quantitative estimate of drug-likeness (QED) is 0.0410. The van der Waals surface area contributed by atoms with E-state index in [2.05, 4.69) is 36.4 Å². The molecule has 0 aliphatic heterocycles. The number of hydrogen-bond donors (Lipinski definition) is 6. The van der Waals surface area contributed by atoms with E-state index >= 15 is 0 Å². The number of hydrogen-bond acceptors (Lipinski definition) is 9. The number of benzene rings is 4. The molecule has 310 valence electrons. The van der Waals surface area contributed by atoms with E-state index in [9.17, 15) is 30.3 Å². The van der Waals surface area contributed by atoms with Gasteiger partial charge < -0.3 is 40.0 Å². The minimum Gasteiger partial charge on any atom is -0.663 e. The molecule has 0 amide bonds. The van der Waals surface area contributed by atoms with Crippen LogP contribution in [0.15, 0.2) is 91.1 Å². The highest BCUT2D eigenvalue weighted by Crippen LogP contribution is 2.71. The molecule has 8 atom stereocenters. The van der Waals surface area contributed by atoms with Crippen LogP contribution < -0.4 is 20.2 Å². The second kappa shape index (κ2) is 15.1. The third-order valence-corrected chi connectivity index (χ3v) is 14.7. The zero-order valence-corrected chi connectivity index (χ0v) is 33.5. The van der Waals surface area contributed by atoms with Gasteiger partial charge in [-0.05, 0) is 126 Å². The molecule has 0 unspecified atom stereocenters. The maximum Gasteiger partial charge on any atom is 0.200 e. The first-order valence-corrected chi connectivity index (χ1v) is 21.4. The predicted molar refractivity (Wildman–Crippen MR) is 225 cm³/mol. The molecule has 4 aromatic carbocycles. The van der Waals surface area contributed by atoms with E-state index < -0.39 is 12.0 Å². The van der Waals surface area contributed by atoms with Crippen molar-refractivity contribution in [1.82, 2.24) is 4.98 Å². The first-order valence-electron chi connectivity index (χ1n) is 21.4. The predicted octanol–water partition coefficient (Wildman–Crippen LogP) is 8.11. The van der Waals surface area contributed by atoms with Crippen LogP contribution in [0.4, 0.5) is 0 Å². The van der Waals surface area contributed by atoms with E-state index in [4.69, 9.17) is 20.2 Å². The Labute approximate surface area is 349 Å². The highest BCUT2D eigenvalue weighted by Gasteiger charge is 2.63. The lowest BCUT2D eigenvalue weighted by molar-refractivity contribution is -0.121. The molecular formula is C50H51N2O8-. The third-order valence-electron chi connectivity index (χ3n) is 14.7. The van der Waals surface area contributed by atoms with Crippen LogP contribution in [0.2, 0.25) is 0 Å². The number of fused-ring (bicyclic) bond motifs is 5. The van der Waals surface area contributed by atoms with Crippen LogP contribution in [-0.4, -0.2) is 44.2 Å². The molecule has 60 heavy (non-hydrogen) atoms. The summed E-state index contributed by atoms with van der Waals surface area (Å²) in [6, 6.07) is 22.4. The van der Waals surface area contributed by atoms with Gasteiger partial charge in [0.25, 0.3) is 0 Å². The minimum absolute atomic E-state index is 0.000808. The molecule has 1 aromatic heterocycles. The standard InChI is InChI=1S/C50H51N2O8/c51-26-60-43-21-27(11-17-40(43)55)10-15-33(54)23-41(56)35-16-13-30-22-39(45(35)37-24-42(57)48(58)49(44(30)37)59-25-28-4-1-7-32(53)20-28)50-31-6-3-9-38(50)34-18-19-52-47(34)36-8-2-5-29(12-14-31)46(36)50/h1-2,4-5,7-8,11,13,16-21,24,30-31,35,38-39,41,45,53,55-58H,3,6,9-10,12,14-15,22-23,25-26,51H2/q-1/t30-,31-,35+,38+,39-,41-,45-,50-/m0/s1. The summed E-state index contributed by atoms with van der Waals surface area (Å²) in [5, 5.41) is 56.0. The molecule has 1 fully saturated rings. The zero-order chi connectivity index (χ0) is 41.3. The highest BCUT2D eigenvalue weighted by molar-refractivity contribution is 5.79. The first kappa shape index (κ1) is 38.5. The van der Waals surface area contributed by atoms with E-state index in [1.807, 2.05) is 12.3 Å². The Kier molecular flexibility index (Phi) is 9.68. The van der Waals surface area contributed by atoms with E-state index in [1.165, 1.54) is 28.3 Å².